The summed E-state index contributed by atoms with van der Waals surface area (Å²) in [6.45, 7) is -3.22. The SMILES string of the molecule is N#CC(C#N)(C#N)[C@@]1(OC2(CO)O[C@H](CO)[C@@H](O)[C@@H]2O)O[C@H](CO)[C@@H](O)[C@H](O)[C@H]1O. The van der Waals surface area contributed by atoms with Crippen LogP contribution in [-0.2, 0) is 14.2 Å². The largest absolute Gasteiger partial charge is 0.394 e. The van der Waals surface area contributed by atoms with Crippen molar-refractivity contribution in [3.8, 4) is 18.2 Å². The summed E-state index contributed by atoms with van der Waals surface area (Å²) in [6, 6.07) is 3.80. The molecule has 166 valence electrons. The predicted octanol–water partition coefficient (Wildman–Crippen LogP) is -5.47. The van der Waals surface area contributed by atoms with Gasteiger partial charge in [0.2, 0.25) is 11.6 Å². The van der Waals surface area contributed by atoms with Crippen LogP contribution in [0, 0.1) is 39.4 Å². The fourth-order valence-electron chi connectivity index (χ4n) is 3.43. The topological polar surface area (TPSA) is 261 Å². The van der Waals surface area contributed by atoms with Crippen LogP contribution >= 0.6 is 0 Å². The Morgan fingerprint density at radius 2 is 1.27 bits per heavy atom. The van der Waals surface area contributed by atoms with Gasteiger partial charge in [-0.05, 0) is 0 Å². The van der Waals surface area contributed by atoms with E-state index >= 15 is 0 Å². The molecule has 2 rings (SSSR count). The van der Waals surface area contributed by atoms with Crippen molar-refractivity contribution >= 4 is 0 Å². The molecule has 2 heterocycles. The number of hydrogen-bond donors (Lipinski definition) is 8. The van der Waals surface area contributed by atoms with Crippen LogP contribution in [0.3, 0.4) is 0 Å². The average Bonchev–Trinajstić information content (AvgIpc) is 3.01. The average molecular weight is 431 g/mol. The van der Waals surface area contributed by atoms with Gasteiger partial charge in [-0.3, -0.25) is 0 Å². The van der Waals surface area contributed by atoms with Crippen LogP contribution in [0.5, 0.6) is 0 Å². The van der Waals surface area contributed by atoms with Crippen molar-refractivity contribution < 1.29 is 55.1 Å². The molecular formula is C16H21N3O11. The third-order valence-corrected chi connectivity index (χ3v) is 5.21. The van der Waals surface area contributed by atoms with Crippen LogP contribution in [-0.4, -0.2) is 115 Å². The zero-order valence-electron chi connectivity index (χ0n) is 15.3. The van der Waals surface area contributed by atoms with Gasteiger partial charge in [0.15, 0.2) is 0 Å². The molecule has 30 heavy (non-hydrogen) atoms. The molecule has 14 heteroatoms. The Hall–Kier alpha value is -1.97. The van der Waals surface area contributed by atoms with E-state index in [2.05, 4.69) is 0 Å². The number of nitriles is 3. The van der Waals surface area contributed by atoms with Gasteiger partial charge in [0.25, 0.3) is 5.41 Å². The van der Waals surface area contributed by atoms with Crippen molar-refractivity contribution in [1.82, 2.24) is 0 Å². The third kappa shape index (κ3) is 3.23. The number of rotatable bonds is 6. The maximum atomic E-state index is 10.6. The van der Waals surface area contributed by atoms with E-state index in [0.717, 1.165) is 0 Å². The Bertz CT molecular complexity index is 725. The summed E-state index contributed by atoms with van der Waals surface area (Å²) in [5.41, 5.74) is -3.10. The standard InChI is InChI=1S/C16H21N3O11/c17-3-14(4-18,5-19)16(13(27)11(25)9(23)7(1-20)29-16)30-15(6-22)12(26)10(24)8(2-21)28-15/h7-13,20-27H,1-2,6H2/t7-,8-,9-,10-,11+,12+,13-,15?,16-/m1/s1. The Morgan fingerprint density at radius 3 is 1.67 bits per heavy atom. The molecule has 0 amide bonds. The van der Waals surface area contributed by atoms with E-state index in [1.807, 2.05) is 0 Å². The highest BCUT2D eigenvalue weighted by Gasteiger charge is 2.72. The molecule has 0 bridgehead atoms. The smallest absolute Gasteiger partial charge is 0.284 e. The minimum Gasteiger partial charge on any atom is -0.394 e. The lowest BCUT2D eigenvalue weighted by Crippen LogP contribution is -2.74. The number of nitrogens with zero attached hydrogens (tertiary/aromatic N) is 3. The first-order valence-corrected chi connectivity index (χ1v) is 8.61. The van der Waals surface area contributed by atoms with Gasteiger partial charge in [0.1, 0.15) is 67.5 Å². The molecule has 0 aromatic carbocycles. The van der Waals surface area contributed by atoms with E-state index in [1.165, 1.54) is 18.2 Å². The molecule has 0 aromatic heterocycles. The summed E-state index contributed by atoms with van der Waals surface area (Å²) < 4.78 is 15.8. The first-order valence-electron chi connectivity index (χ1n) is 8.61. The molecule has 14 nitrogen and oxygen atoms in total. The molecule has 9 atom stereocenters. The van der Waals surface area contributed by atoms with Crippen LogP contribution in [0.25, 0.3) is 0 Å². The highest BCUT2D eigenvalue weighted by Crippen LogP contribution is 2.48. The minimum atomic E-state index is -3.23. The molecule has 0 radical (unpaired) electrons. The second-order valence-electron chi connectivity index (χ2n) is 6.86. The van der Waals surface area contributed by atoms with E-state index in [-0.39, 0.29) is 0 Å². The zero-order valence-corrected chi connectivity index (χ0v) is 15.3. The normalized spacial score (nSPS) is 44.1. The maximum absolute atomic E-state index is 10.6. The molecule has 0 aromatic rings. The molecule has 0 aliphatic carbocycles. The van der Waals surface area contributed by atoms with Crippen LogP contribution in [0.15, 0.2) is 0 Å². The first-order chi connectivity index (χ1) is 14.1. The number of aliphatic hydroxyl groups excluding tert-OH is 8. The first kappa shape index (κ1) is 24.3. The Kier molecular flexibility index (Phi) is 7.00. The highest BCUT2D eigenvalue weighted by molar-refractivity contribution is 5.34. The Balaban J connectivity index is 2.71. The minimum absolute atomic E-state index is 0.875. The van der Waals surface area contributed by atoms with Gasteiger partial charge in [-0.15, -0.1) is 0 Å². The van der Waals surface area contributed by atoms with Crippen LogP contribution in [0.1, 0.15) is 0 Å². The van der Waals surface area contributed by atoms with Crippen LogP contribution < -0.4 is 0 Å². The predicted molar refractivity (Wildman–Crippen MR) is 86.9 cm³/mol. The van der Waals surface area contributed by atoms with Gasteiger partial charge in [0, 0.05) is 0 Å². The van der Waals surface area contributed by atoms with Crippen molar-refractivity contribution in [3.63, 3.8) is 0 Å². The van der Waals surface area contributed by atoms with Crippen molar-refractivity contribution in [3.05, 3.63) is 0 Å². The number of hydrogen-bond acceptors (Lipinski definition) is 14. The number of ether oxygens (including phenoxy) is 3. The molecule has 2 saturated heterocycles. The van der Waals surface area contributed by atoms with Gasteiger partial charge in [0.05, 0.1) is 13.2 Å². The second-order valence-corrected chi connectivity index (χ2v) is 6.86. The summed E-state index contributed by atoms with van der Waals surface area (Å²) >= 11 is 0. The summed E-state index contributed by atoms with van der Waals surface area (Å²) in [5.74, 6) is -5.99. The summed E-state index contributed by atoms with van der Waals surface area (Å²) in [6.07, 6.45) is -14.1. The monoisotopic (exact) mass is 431 g/mol. The fraction of sp³-hybridized carbons (Fsp3) is 0.812. The third-order valence-electron chi connectivity index (χ3n) is 5.21. The van der Waals surface area contributed by atoms with Crippen molar-refractivity contribution in [2.24, 2.45) is 5.41 Å². The van der Waals surface area contributed by atoms with E-state index in [4.69, 9.17) is 14.2 Å². The fourth-order valence-corrected chi connectivity index (χ4v) is 3.43. The highest BCUT2D eigenvalue weighted by atomic mass is 16.8. The van der Waals surface area contributed by atoms with Crippen molar-refractivity contribution in [1.29, 1.82) is 15.8 Å². The Morgan fingerprint density at radius 1 is 0.767 bits per heavy atom. The molecule has 2 fully saturated rings. The quantitative estimate of drug-likeness (QED) is 0.195. The molecular weight excluding hydrogens is 410 g/mol. The lowest BCUT2D eigenvalue weighted by Gasteiger charge is -2.52. The van der Waals surface area contributed by atoms with Gasteiger partial charge in [-0.1, -0.05) is 0 Å². The van der Waals surface area contributed by atoms with Crippen molar-refractivity contribution in [2.45, 2.75) is 54.3 Å². The molecule has 2 aliphatic rings. The maximum Gasteiger partial charge on any atom is 0.284 e. The van der Waals surface area contributed by atoms with E-state index in [9.17, 15) is 56.6 Å². The van der Waals surface area contributed by atoms with Crippen LogP contribution in [0.2, 0.25) is 0 Å². The lowest BCUT2D eigenvalue weighted by atomic mass is 9.75. The summed E-state index contributed by atoms with van der Waals surface area (Å²) in [4.78, 5) is 0. The van der Waals surface area contributed by atoms with Gasteiger partial charge >= 0.3 is 0 Å². The van der Waals surface area contributed by atoms with Gasteiger partial charge < -0.3 is 55.1 Å². The number of aliphatic hydroxyl groups is 8. The van der Waals surface area contributed by atoms with Crippen LogP contribution in [0.4, 0.5) is 0 Å². The molecule has 0 spiro atoms. The van der Waals surface area contributed by atoms with E-state index < -0.39 is 79.5 Å². The summed E-state index contributed by atoms with van der Waals surface area (Å²) in [5, 5.41) is 108. The molecule has 2 aliphatic heterocycles. The summed E-state index contributed by atoms with van der Waals surface area (Å²) in [7, 11) is 0. The Labute approximate surface area is 169 Å². The molecule has 8 N–H and O–H groups in total. The van der Waals surface area contributed by atoms with E-state index in [0.29, 0.717) is 0 Å². The van der Waals surface area contributed by atoms with Crippen molar-refractivity contribution in [2.75, 3.05) is 19.8 Å². The van der Waals surface area contributed by atoms with Gasteiger partial charge in [-0.25, -0.2) is 0 Å². The van der Waals surface area contributed by atoms with Gasteiger partial charge in [-0.2, -0.15) is 15.8 Å². The lowest BCUT2D eigenvalue weighted by molar-refractivity contribution is -0.446. The van der Waals surface area contributed by atoms with E-state index in [1.54, 1.807) is 0 Å². The zero-order chi connectivity index (χ0) is 22.9. The second kappa shape index (κ2) is 8.64. The molecule has 0 saturated carbocycles. The molecule has 1 unspecified atom stereocenters.